The maximum atomic E-state index is 12.0. The van der Waals surface area contributed by atoms with Crippen LogP contribution < -0.4 is 21.3 Å². The van der Waals surface area contributed by atoms with Crippen molar-refractivity contribution in [2.75, 3.05) is 23.7 Å². The molecule has 0 bridgehead atoms. The summed E-state index contributed by atoms with van der Waals surface area (Å²) in [5, 5.41) is 12.9. The van der Waals surface area contributed by atoms with Crippen LogP contribution in [0.2, 0.25) is 0 Å². The predicted molar refractivity (Wildman–Crippen MR) is 116 cm³/mol. The minimum Gasteiger partial charge on any atom is -0.306 e. The molecule has 0 radical (unpaired) electrons. The summed E-state index contributed by atoms with van der Waals surface area (Å²) in [6, 6.07) is 4.36. The van der Waals surface area contributed by atoms with Crippen LogP contribution in [0.4, 0.5) is 10.3 Å². The summed E-state index contributed by atoms with van der Waals surface area (Å²) in [6.45, 7) is 8.45. The van der Waals surface area contributed by atoms with E-state index in [2.05, 4.69) is 31.2 Å². The van der Waals surface area contributed by atoms with Gasteiger partial charge >= 0.3 is 0 Å². The first-order valence-corrected chi connectivity index (χ1v) is 10.7. The van der Waals surface area contributed by atoms with Crippen molar-refractivity contribution in [3.05, 3.63) is 12.1 Å². The molecule has 0 spiro atoms. The van der Waals surface area contributed by atoms with E-state index < -0.39 is 0 Å². The van der Waals surface area contributed by atoms with Crippen LogP contribution in [0.25, 0.3) is 20.4 Å². The van der Waals surface area contributed by atoms with Gasteiger partial charge in [0.1, 0.15) is 0 Å². The molecule has 2 heterocycles. The first-order valence-electron chi connectivity index (χ1n) is 9.07. The summed E-state index contributed by atoms with van der Waals surface area (Å²) in [7, 11) is 0. The molecule has 2 amide bonds. The third-order valence-corrected chi connectivity index (χ3v) is 5.60. The van der Waals surface area contributed by atoms with E-state index in [0.29, 0.717) is 10.3 Å². The van der Waals surface area contributed by atoms with Gasteiger partial charge in [0.2, 0.25) is 11.8 Å². The summed E-state index contributed by atoms with van der Waals surface area (Å²) in [4.78, 5) is 32.9. The average Bonchev–Trinajstić information content (AvgIpc) is 3.17. The Bertz CT molecular complexity index is 868. The van der Waals surface area contributed by atoms with Crippen LogP contribution in [0.3, 0.4) is 0 Å². The van der Waals surface area contributed by atoms with Gasteiger partial charge in [-0.1, -0.05) is 50.4 Å². The highest BCUT2D eigenvalue weighted by atomic mass is 32.1. The normalized spacial score (nSPS) is 11.6. The lowest BCUT2D eigenvalue weighted by atomic mass is 10.3. The summed E-state index contributed by atoms with van der Waals surface area (Å²) in [6.07, 6.45) is 0. The molecule has 2 aromatic heterocycles. The van der Waals surface area contributed by atoms with Crippen molar-refractivity contribution in [3.63, 3.8) is 0 Å². The summed E-state index contributed by atoms with van der Waals surface area (Å²) in [5.41, 5.74) is 1.54. The van der Waals surface area contributed by atoms with Crippen molar-refractivity contribution in [2.45, 2.75) is 39.8 Å². The van der Waals surface area contributed by atoms with E-state index in [1.165, 1.54) is 22.7 Å². The molecule has 3 aromatic rings. The molecule has 4 N–H and O–H groups in total. The Labute approximate surface area is 171 Å². The lowest BCUT2D eigenvalue weighted by molar-refractivity contribution is -0.116. The number of anilines is 2. The standard InChI is InChI=1S/C18H24N6O2S2/c1-9(2)19-7-15(25)23-17-21-11-5-12-14(6-13(11)27-17)28-18(22-12)24-16(26)8-20-10(3)4/h5-6,9-10,19-20H,7-8H2,1-4H3,(H,21,23,25)(H,22,24,26). The maximum absolute atomic E-state index is 12.0. The van der Waals surface area contributed by atoms with Crippen molar-refractivity contribution < 1.29 is 9.59 Å². The van der Waals surface area contributed by atoms with Crippen molar-refractivity contribution in [1.29, 1.82) is 0 Å². The van der Waals surface area contributed by atoms with Gasteiger partial charge in [0.15, 0.2) is 10.3 Å². The highest BCUT2D eigenvalue weighted by Crippen LogP contribution is 2.33. The molecule has 0 fully saturated rings. The number of carbonyl (C=O) groups is 2. The van der Waals surface area contributed by atoms with Crippen LogP contribution in [0.5, 0.6) is 0 Å². The van der Waals surface area contributed by atoms with Crippen molar-refractivity contribution in [2.24, 2.45) is 0 Å². The SMILES string of the molecule is CC(C)NCC(=O)Nc1nc2cc3nc(NC(=O)CNC(C)C)sc3cc2s1. The molecule has 0 unspecified atom stereocenters. The number of nitrogens with one attached hydrogen (secondary N) is 4. The molecule has 0 aliphatic carbocycles. The van der Waals surface area contributed by atoms with E-state index in [1.54, 1.807) is 0 Å². The van der Waals surface area contributed by atoms with Gasteiger partial charge in [0.25, 0.3) is 0 Å². The monoisotopic (exact) mass is 420 g/mol. The number of aromatic nitrogens is 2. The Morgan fingerprint density at radius 2 is 1.25 bits per heavy atom. The van der Waals surface area contributed by atoms with Gasteiger partial charge in [0, 0.05) is 12.1 Å². The van der Waals surface area contributed by atoms with Crippen LogP contribution in [0.1, 0.15) is 27.7 Å². The molecule has 1 aromatic carbocycles. The quantitative estimate of drug-likeness (QED) is 0.446. The second kappa shape index (κ2) is 8.91. The van der Waals surface area contributed by atoms with Crippen LogP contribution in [0.15, 0.2) is 12.1 Å². The molecular weight excluding hydrogens is 396 g/mol. The van der Waals surface area contributed by atoms with E-state index in [4.69, 9.17) is 0 Å². The van der Waals surface area contributed by atoms with Crippen LogP contribution in [-0.4, -0.2) is 47.0 Å². The Kier molecular flexibility index (Phi) is 6.55. The zero-order chi connectivity index (χ0) is 20.3. The van der Waals surface area contributed by atoms with Crippen molar-refractivity contribution >= 4 is 65.2 Å². The van der Waals surface area contributed by atoms with E-state index in [9.17, 15) is 9.59 Å². The second-order valence-corrected chi connectivity index (χ2v) is 9.05. The van der Waals surface area contributed by atoms with E-state index in [-0.39, 0.29) is 37.0 Å². The lowest BCUT2D eigenvalue weighted by Crippen LogP contribution is -2.32. The average molecular weight is 421 g/mol. The summed E-state index contributed by atoms with van der Waals surface area (Å²) < 4.78 is 1.92. The molecule has 0 aliphatic heterocycles. The minimum absolute atomic E-state index is 0.118. The molecule has 28 heavy (non-hydrogen) atoms. The molecule has 150 valence electrons. The number of nitrogens with zero attached hydrogens (tertiary/aromatic N) is 2. The first kappa shape index (κ1) is 20.6. The Morgan fingerprint density at radius 3 is 1.64 bits per heavy atom. The van der Waals surface area contributed by atoms with Gasteiger partial charge in [-0.15, -0.1) is 0 Å². The Morgan fingerprint density at radius 1 is 0.821 bits per heavy atom. The van der Waals surface area contributed by atoms with Crippen LogP contribution in [-0.2, 0) is 9.59 Å². The Hall–Kier alpha value is -2.14. The number of thiazole rings is 2. The third-order valence-electron chi connectivity index (χ3n) is 3.73. The highest BCUT2D eigenvalue weighted by Gasteiger charge is 2.13. The summed E-state index contributed by atoms with van der Waals surface area (Å²) >= 11 is 2.84. The van der Waals surface area contributed by atoms with Gasteiger partial charge in [-0.25, -0.2) is 9.97 Å². The minimum atomic E-state index is -0.118. The Balaban J connectivity index is 1.70. The van der Waals surface area contributed by atoms with E-state index >= 15 is 0 Å². The second-order valence-electron chi connectivity index (χ2n) is 6.99. The topological polar surface area (TPSA) is 108 Å². The van der Waals surface area contributed by atoms with Gasteiger partial charge in [-0.3, -0.25) is 9.59 Å². The molecule has 0 saturated heterocycles. The zero-order valence-corrected chi connectivity index (χ0v) is 17.9. The zero-order valence-electron chi connectivity index (χ0n) is 16.3. The number of amides is 2. The third kappa shape index (κ3) is 5.44. The fourth-order valence-corrected chi connectivity index (χ4v) is 4.26. The van der Waals surface area contributed by atoms with Crippen molar-refractivity contribution in [1.82, 2.24) is 20.6 Å². The lowest BCUT2D eigenvalue weighted by Gasteiger charge is -2.06. The number of carbonyl (C=O) groups excluding carboxylic acids is 2. The molecule has 0 aliphatic rings. The smallest absolute Gasteiger partial charge is 0.240 e. The van der Waals surface area contributed by atoms with Gasteiger partial charge < -0.3 is 21.3 Å². The number of fused-ring (bicyclic) bond motifs is 2. The molecule has 0 atom stereocenters. The van der Waals surface area contributed by atoms with Gasteiger partial charge in [-0.2, -0.15) is 0 Å². The number of rotatable bonds is 8. The number of hydrogen-bond acceptors (Lipinski definition) is 8. The molecule has 10 heteroatoms. The van der Waals surface area contributed by atoms with E-state index in [0.717, 1.165) is 20.4 Å². The fraction of sp³-hybridized carbons (Fsp3) is 0.444. The highest BCUT2D eigenvalue weighted by molar-refractivity contribution is 7.24. The fourth-order valence-electron chi connectivity index (χ4n) is 2.38. The molecule has 3 rings (SSSR count). The first-order chi connectivity index (χ1) is 13.3. The van der Waals surface area contributed by atoms with Crippen molar-refractivity contribution in [3.8, 4) is 0 Å². The maximum Gasteiger partial charge on any atom is 0.240 e. The number of hydrogen-bond donors (Lipinski definition) is 4. The van der Waals surface area contributed by atoms with E-state index in [1.807, 2.05) is 39.8 Å². The van der Waals surface area contributed by atoms with Crippen LogP contribution in [0, 0.1) is 0 Å². The molecular formula is C18H24N6O2S2. The summed E-state index contributed by atoms with van der Waals surface area (Å²) in [5.74, 6) is -0.236. The molecule has 8 nitrogen and oxygen atoms in total. The van der Waals surface area contributed by atoms with Gasteiger partial charge in [-0.05, 0) is 12.1 Å². The van der Waals surface area contributed by atoms with Crippen LogP contribution >= 0.6 is 22.7 Å². The van der Waals surface area contributed by atoms with Gasteiger partial charge in [0.05, 0.1) is 33.5 Å². The predicted octanol–water partition coefficient (Wildman–Crippen LogP) is 2.78. The largest absolute Gasteiger partial charge is 0.306 e. The molecule has 0 saturated carbocycles. The number of benzene rings is 1.